The molecule has 2 N–H and O–H groups in total. The number of aliphatic hydroxyl groups is 1. The van der Waals surface area contributed by atoms with E-state index in [1.807, 2.05) is 0 Å². The fraction of sp³-hybridized carbons (Fsp3) is 0.833. The van der Waals surface area contributed by atoms with Crippen LogP contribution >= 0.6 is 0 Å². The predicted octanol–water partition coefficient (Wildman–Crippen LogP) is 0.403. The van der Waals surface area contributed by atoms with Crippen molar-refractivity contribution < 1.29 is 14.6 Å². The fourth-order valence-electron chi connectivity index (χ4n) is 1.06. The second kappa shape index (κ2) is 12.5. The lowest BCUT2D eigenvalue weighted by molar-refractivity contribution is 0.00422. The summed E-state index contributed by atoms with van der Waals surface area (Å²) in [7, 11) is 0. The van der Waals surface area contributed by atoms with Crippen LogP contribution in [0.25, 0.3) is 0 Å². The zero-order valence-corrected chi connectivity index (χ0v) is 10.1. The molecule has 0 aromatic carbocycles. The van der Waals surface area contributed by atoms with Gasteiger partial charge in [-0.2, -0.15) is 0 Å². The van der Waals surface area contributed by atoms with Gasteiger partial charge in [0.2, 0.25) is 0 Å². The Bertz CT molecular complexity index is 180. The number of terminal acetylenes is 1. The van der Waals surface area contributed by atoms with Crippen molar-refractivity contribution >= 4 is 0 Å². The largest absolute Gasteiger partial charge is 0.389 e. The molecule has 0 radical (unpaired) electrons. The molecule has 1 unspecified atom stereocenters. The lowest BCUT2D eigenvalue weighted by Crippen LogP contribution is -2.31. The van der Waals surface area contributed by atoms with E-state index in [1.54, 1.807) is 0 Å². The minimum Gasteiger partial charge on any atom is -0.389 e. The maximum atomic E-state index is 9.42. The molecule has 0 heterocycles. The summed E-state index contributed by atoms with van der Waals surface area (Å²) < 4.78 is 10.5. The lowest BCUT2D eigenvalue weighted by atomic mass is 10.4. The summed E-state index contributed by atoms with van der Waals surface area (Å²) in [5.74, 6) is 2.44. The summed E-state index contributed by atoms with van der Waals surface area (Å²) in [5, 5.41) is 12.3. The van der Waals surface area contributed by atoms with Gasteiger partial charge in [-0.1, -0.05) is 19.3 Å². The minimum absolute atomic E-state index is 0.314. The lowest BCUT2D eigenvalue weighted by Gasteiger charge is -2.11. The molecule has 1 atom stereocenters. The molecule has 16 heavy (non-hydrogen) atoms. The molecule has 94 valence electrons. The minimum atomic E-state index is -0.510. The van der Waals surface area contributed by atoms with E-state index in [-0.39, 0.29) is 0 Å². The van der Waals surface area contributed by atoms with E-state index in [2.05, 4.69) is 18.2 Å². The highest BCUT2D eigenvalue weighted by Gasteiger charge is 2.02. The number of aliphatic hydroxyl groups excluding tert-OH is 1. The molecule has 0 aromatic rings. The van der Waals surface area contributed by atoms with Crippen LogP contribution in [0.2, 0.25) is 0 Å². The third-order valence-electron chi connectivity index (χ3n) is 1.93. The first kappa shape index (κ1) is 15.4. The highest BCUT2D eigenvalue weighted by atomic mass is 16.5. The molecule has 0 spiro atoms. The van der Waals surface area contributed by atoms with Gasteiger partial charge in [0.1, 0.15) is 0 Å². The van der Waals surface area contributed by atoms with Gasteiger partial charge in [0.05, 0.1) is 32.5 Å². The summed E-state index contributed by atoms with van der Waals surface area (Å²) in [6.45, 7) is 5.26. The fourth-order valence-corrected chi connectivity index (χ4v) is 1.06. The van der Waals surface area contributed by atoms with Gasteiger partial charge >= 0.3 is 0 Å². The van der Waals surface area contributed by atoms with Crippen LogP contribution in [0.1, 0.15) is 19.8 Å². The van der Waals surface area contributed by atoms with Crippen molar-refractivity contribution in [3.8, 4) is 12.3 Å². The summed E-state index contributed by atoms with van der Waals surface area (Å²) in [5.41, 5.74) is 0. The Morgan fingerprint density at radius 2 is 2.06 bits per heavy atom. The van der Waals surface area contributed by atoms with Gasteiger partial charge in [-0.25, -0.2) is 0 Å². The first-order chi connectivity index (χ1) is 7.81. The molecule has 0 aromatic heterocycles. The average Bonchev–Trinajstić information content (AvgIpc) is 2.28. The number of nitrogens with one attached hydrogen (secondary N) is 1. The van der Waals surface area contributed by atoms with Crippen LogP contribution in [0, 0.1) is 12.3 Å². The van der Waals surface area contributed by atoms with Crippen LogP contribution in [-0.2, 0) is 9.47 Å². The molecule has 0 aliphatic heterocycles. The van der Waals surface area contributed by atoms with Crippen LogP contribution in [0.4, 0.5) is 0 Å². The quantitative estimate of drug-likeness (QED) is 0.398. The summed E-state index contributed by atoms with van der Waals surface area (Å²) in [6.07, 6.45) is 6.76. The molecule has 0 fully saturated rings. The molecule has 0 saturated heterocycles. The zero-order valence-electron chi connectivity index (χ0n) is 10.1. The molecule has 4 heteroatoms. The molecule has 0 rings (SSSR count). The third-order valence-corrected chi connectivity index (χ3v) is 1.93. The molecule has 0 aliphatic rings. The van der Waals surface area contributed by atoms with Crippen molar-refractivity contribution in [2.45, 2.75) is 25.9 Å². The highest BCUT2D eigenvalue weighted by molar-refractivity contribution is 4.86. The molecule has 0 amide bonds. The maximum absolute atomic E-state index is 9.42. The van der Waals surface area contributed by atoms with E-state index in [9.17, 15) is 5.11 Å². The van der Waals surface area contributed by atoms with Gasteiger partial charge in [0.25, 0.3) is 0 Å². The Morgan fingerprint density at radius 1 is 1.31 bits per heavy atom. The second-order valence-corrected chi connectivity index (χ2v) is 3.53. The topological polar surface area (TPSA) is 50.7 Å². The van der Waals surface area contributed by atoms with Crippen LogP contribution in [-0.4, -0.2) is 50.7 Å². The normalized spacial score (nSPS) is 12.3. The maximum Gasteiger partial charge on any atom is 0.0898 e. The van der Waals surface area contributed by atoms with E-state index in [0.717, 1.165) is 19.4 Å². The van der Waals surface area contributed by atoms with E-state index in [1.165, 1.54) is 0 Å². The van der Waals surface area contributed by atoms with Gasteiger partial charge in [-0.05, 0) is 6.42 Å². The zero-order chi connectivity index (χ0) is 12.1. The summed E-state index contributed by atoms with van der Waals surface area (Å²) in [4.78, 5) is 0. The van der Waals surface area contributed by atoms with E-state index in [4.69, 9.17) is 15.9 Å². The molecule has 0 bridgehead atoms. The van der Waals surface area contributed by atoms with Crippen LogP contribution in [0.3, 0.4) is 0 Å². The first-order valence-corrected chi connectivity index (χ1v) is 5.79. The molecule has 0 aliphatic carbocycles. The second-order valence-electron chi connectivity index (χ2n) is 3.53. The number of rotatable bonds is 11. The number of hydrogen-bond donors (Lipinski definition) is 2. The summed E-state index contributed by atoms with van der Waals surface area (Å²) >= 11 is 0. The van der Waals surface area contributed by atoms with Gasteiger partial charge in [-0.3, -0.25) is 0 Å². The first-order valence-electron chi connectivity index (χ1n) is 5.79. The van der Waals surface area contributed by atoms with Crippen LogP contribution in [0.15, 0.2) is 0 Å². The predicted molar refractivity (Wildman–Crippen MR) is 64.3 cm³/mol. The Labute approximate surface area is 98.3 Å². The Morgan fingerprint density at radius 3 is 2.75 bits per heavy atom. The van der Waals surface area contributed by atoms with Crippen molar-refractivity contribution in [1.29, 1.82) is 0 Å². The SMILES string of the molecule is C#CCNCC(O)COCCOCCCC. The smallest absolute Gasteiger partial charge is 0.0898 e. The van der Waals surface area contributed by atoms with E-state index in [0.29, 0.717) is 32.9 Å². The third kappa shape index (κ3) is 11.5. The van der Waals surface area contributed by atoms with Crippen molar-refractivity contribution in [3.63, 3.8) is 0 Å². The number of hydrogen-bond acceptors (Lipinski definition) is 4. The van der Waals surface area contributed by atoms with Gasteiger partial charge in [-0.15, -0.1) is 6.42 Å². The van der Waals surface area contributed by atoms with Crippen LogP contribution < -0.4 is 5.32 Å². The average molecular weight is 229 g/mol. The van der Waals surface area contributed by atoms with Crippen molar-refractivity contribution in [2.75, 3.05) is 39.5 Å². The molecule has 0 saturated carbocycles. The van der Waals surface area contributed by atoms with Crippen molar-refractivity contribution in [3.05, 3.63) is 0 Å². The monoisotopic (exact) mass is 229 g/mol. The number of unbranched alkanes of at least 4 members (excludes halogenated alkanes) is 1. The van der Waals surface area contributed by atoms with Crippen molar-refractivity contribution in [1.82, 2.24) is 5.32 Å². The highest BCUT2D eigenvalue weighted by Crippen LogP contribution is 1.89. The number of ether oxygens (including phenoxy) is 2. The van der Waals surface area contributed by atoms with E-state index >= 15 is 0 Å². The molecular formula is C12H23NO3. The van der Waals surface area contributed by atoms with Gasteiger partial charge in [0.15, 0.2) is 0 Å². The molecule has 4 nitrogen and oxygen atoms in total. The van der Waals surface area contributed by atoms with Crippen LogP contribution in [0.5, 0.6) is 0 Å². The summed E-state index contributed by atoms with van der Waals surface area (Å²) in [6, 6.07) is 0. The van der Waals surface area contributed by atoms with Gasteiger partial charge < -0.3 is 19.9 Å². The molecular weight excluding hydrogens is 206 g/mol. The Balaban J connectivity index is 3.09. The standard InChI is InChI=1S/C12H23NO3/c1-3-5-7-15-8-9-16-11-12(14)10-13-6-4-2/h2,12-14H,3,5-11H2,1H3. The Kier molecular flexibility index (Phi) is 12.0. The van der Waals surface area contributed by atoms with E-state index < -0.39 is 6.10 Å². The van der Waals surface area contributed by atoms with Crippen molar-refractivity contribution in [2.24, 2.45) is 0 Å². The Hall–Kier alpha value is -0.600. The van der Waals surface area contributed by atoms with Gasteiger partial charge in [0, 0.05) is 13.2 Å².